The number of allylic oxidation sites excluding steroid dienone is 4. The van der Waals surface area contributed by atoms with E-state index in [1.165, 1.54) is 44.9 Å². The first-order valence-electron chi connectivity index (χ1n) is 18.1. The summed E-state index contributed by atoms with van der Waals surface area (Å²) >= 11 is 0. The van der Waals surface area contributed by atoms with Crippen molar-refractivity contribution in [1.82, 2.24) is 0 Å². The van der Waals surface area contributed by atoms with Gasteiger partial charge in [0.1, 0.15) is 19.8 Å². The second-order valence-electron chi connectivity index (χ2n) is 13.3. The number of carbonyl (C=O) groups excluding carboxylic acids is 2. The van der Waals surface area contributed by atoms with E-state index in [0.717, 1.165) is 64.2 Å². The maximum absolute atomic E-state index is 12.5. The first kappa shape index (κ1) is 44.5. The molecule has 0 bridgehead atoms. The molecule has 0 aromatic rings. The summed E-state index contributed by atoms with van der Waals surface area (Å²) in [5.74, 6) is -0.823. The first-order valence-corrected chi connectivity index (χ1v) is 19.6. The molecule has 0 aliphatic carbocycles. The van der Waals surface area contributed by atoms with Crippen LogP contribution in [0.1, 0.15) is 142 Å². The highest BCUT2D eigenvalue weighted by Gasteiger charge is 2.27. The molecule has 1 N–H and O–H groups in total. The van der Waals surface area contributed by atoms with Crippen molar-refractivity contribution >= 4 is 19.8 Å². The van der Waals surface area contributed by atoms with Gasteiger partial charge in [-0.2, -0.15) is 0 Å². The van der Waals surface area contributed by atoms with Gasteiger partial charge in [-0.25, -0.2) is 4.57 Å². The number of rotatable bonds is 32. The highest BCUT2D eigenvalue weighted by atomic mass is 31.2. The number of hydrogen-bond donors (Lipinski definition) is 1. The Bertz CT molecular complexity index is 855. The number of esters is 2. The topological polar surface area (TPSA) is 108 Å². The highest BCUT2D eigenvalue weighted by molar-refractivity contribution is 7.47. The Hall–Kier alpha value is -1.51. The molecule has 46 heavy (non-hydrogen) atoms. The number of likely N-dealkylation sites (N-methyl/N-ethyl adjacent to an activating group) is 1. The standard InChI is InChI=1S/C36H68NO8P/c1-6-8-10-12-14-15-16-17-18-19-20-21-23-24-26-28-35(38)42-32-34(33-44-46(40,41)43-31-30-37(3,4)5)45-36(39)29-27-25-22-13-11-9-7-2/h14-15,17-18,34H,6-13,16,19-33H2,1-5H3/p+1/b15-14+,18-17+/t34-/m0/s1. The van der Waals surface area contributed by atoms with Crippen LogP contribution in [-0.2, 0) is 32.7 Å². The lowest BCUT2D eigenvalue weighted by atomic mass is 10.1. The molecule has 0 aromatic carbocycles. The summed E-state index contributed by atoms with van der Waals surface area (Å²) in [6.07, 6.45) is 28.1. The molecule has 0 fully saturated rings. The fourth-order valence-electron chi connectivity index (χ4n) is 4.57. The van der Waals surface area contributed by atoms with Crippen LogP contribution in [0.2, 0.25) is 0 Å². The van der Waals surface area contributed by atoms with Crippen LogP contribution in [0.25, 0.3) is 0 Å². The molecule has 0 saturated carbocycles. The van der Waals surface area contributed by atoms with Gasteiger partial charge in [0.05, 0.1) is 27.7 Å². The van der Waals surface area contributed by atoms with Crippen LogP contribution in [0.5, 0.6) is 0 Å². The van der Waals surface area contributed by atoms with Gasteiger partial charge in [0.15, 0.2) is 6.10 Å². The zero-order valence-corrected chi connectivity index (χ0v) is 31.0. The van der Waals surface area contributed by atoms with Gasteiger partial charge in [0.2, 0.25) is 0 Å². The largest absolute Gasteiger partial charge is 0.472 e. The number of ether oxygens (including phenoxy) is 2. The quantitative estimate of drug-likeness (QED) is 0.0247. The van der Waals surface area contributed by atoms with Gasteiger partial charge in [0, 0.05) is 12.8 Å². The minimum Gasteiger partial charge on any atom is -0.462 e. The van der Waals surface area contributed by atoms with E-state index < -0.39 is 26.5 Å². The van der Waals surface area contributed by atoms with E-state index >= 15 is 0 Å². The van der Waals surface area contributed by atoms with Gasteiger partial charge in [-0.15, -0.1) is 0 Å². The second kappa shape index (κ2) is 29.6. The van der Waals surface area contributed by atoms with E-state index in [4.69, 9.17) is 18.5 Å². The molecule has 0 spiro atoms. The molecule has 1 unspecified atom stereocenters. The lowest BCUT2D eigenvalue weighted by Crippen LogP contribution is -2.37. The molecule has 0 amide bonds. The average molecular weight is 675 g/mol. The van der Waals surface area contributed by atoms with E-state index in [-0.39, 0.29) is 32.0 Å². The van der Waals surface area contributed by atoms with Crippen LogP contribution in [0.15, 0.2) is 24.3 Å². The molecule has 0 heterocycles. The predicted molar refractivity (Wildman–Crippen MR) is 187 cm³/mol. The number of phosphoric acid groups is 1. The molecule has 0 saturated heterocycles. The van der Waals surface area contributed by atoms with Crippen molar-refractivity contribution in [3.8, 4) is 0 Å². The molecule has 2 atom stereocenters. The summed E-state index contributed by atoms with van der Waals surface area (Å²) in [5.41, 5.74) is 0. The zero-order chi connectivity index (χ0) is 34.4. The molecule has 10 heteroatoms. The zero-order valence-electron chi connectivity index (χ0n) is 30.1. The van der Waals surface area contributed by atoms with Gasteiger partial charge in [-0.3, -0.25) is 18.6 Å². The first-order chi connectivity index (χ1) is 22.0. The molecule has 0 aliphatic heterocycles. The van der Waals surface area contributed by atoms with Crippen LogP contribution in [-0.4, -0.2) is 74.9 Å². The predicted octanol–water partition coefficient (Wildman–Crippen LogP) is 9.24. The van der Waals surface area contributed by atoms with Gasteiger partial charge < -0.3 is 18.9 Å². The maximum atomic E-state index is 12.5. The fraction of sp³-hybridized carbons (Fsp3) is 0.833. The number of nitrogens with zero attached hydrogens (tertiary/aromatic N) is 1. The number of unbranched alkanes of at least 4 members (excludes halogenated alkanes) is 14. The summed E-state index contributed by atoms with van der Waals surface area (Å²) in [6.45, 7) is 4.30. The normalized spacial score (nSPS) is 14.1. The Morgan fingerprint density at radius 2 is 1.17 bits per heavy atom. The van der Waals surface area contributed by atoms with Crippen molar-refractivity contribution in [1.29, 1.82) is 0 Å². The van der Waals surface area contributed by atoms with Crippen LogP contribution in [0.4, 0.5) is 0 Å². The molecule has 0 rings (SSSR count). The van der Waals surface area contributed by atoms with Gasteiger partial charge in [-0.05, 0) is 44.9 Å². The Labute approximate surface area is 281 Å². The fourth-order valence-corrected chi connectivity index (χ4v) is 5.31. The van der Waals surface area contributed by atoms with Crippen molar-refractivity contribution in [2.45, 2.75) is 148 Å². The summed E-state index contributed by atoms with van der Waals surface area (Å²) in [7, 11) is 1.47. The summed E-state index contributed by atoms with van der Waals surface area (Å²) in [4.78, 5) is 34.9. The summed E-state index contributed by atoms with van der Waals surface area (Å²) < 4.78 is 34.0. The van der Waals surface area contributed by atoms with Crippen LogP contribution >= 0.6 is 7.82 Å². The Kier molecular flexibility index (Phi) is 28.6. The van der Waals surface area contributed by atoms with Crippen molar-refractivity contribution in [3.05, 3.63) is 24.3 Å². The Morgan fingerprint density at radius 1 is 0.674 bits per heavy atom. The van der Waals surface area contributed by atoms with E-state index in [1.807, 2.05) is 21.1 Å². The molecule has 0 aromatic heterocycles. The smallest absolute Gasteiger partial charge is 0.462 e. The molecular formula is C36H69NO8P+. The van der Waals surface area contributed by atoms with Crippen molar-refractivity contribution < 1.29 is 42.1 Å². The van der Waals surface area contributed by atoms with Crippen molar-refractivity contribution in [2.24, 2.45) is 0 Å². The van der Waals surface area contributed by atoms with Crippen molar-refractivity contribution in [3.63, 3.8) is 0 Å². The Balaban J connectivity index is 4.41. The number of carbonyl (C=O) groups is 2. The molecule has 9 nitrogen and oxygen atoms in total. The summed E-state index contributed by atoms with van der Waals surface area (Å²) in [5, 5.41) is 0. The third-order valence-electron chi connectivity index (χ3n) is 7.48. The van der Waals surface area contributed by atoms with E-state index in [2.05, 4.69) is 38.2 Å². The minimum atomic E-state index is -4.36. The third-order valence-corrected chi connectivity index (χ3v) is 8.47. The van der Waals surface area contributed by atoms with Crippen LogP contribution in [0.3, 0.4) is 0 Å². The van der Waals surface area contributed by atoms with E-state index in [9.17, 15) is 19.0 Å². The Morgan fingerprint density at radius 3 is 1.76 bits per heavy atom. The third kappa shape index (κ3) is 32.4. The maximum Gasteiger partial charge on any atom is 0.472 e. The average Bonchev–Trinajstić information content (AvgIpc) is 2.99. The van der Waals surface area contributed by atoms with E-state index in [1.54, 1.807) is 0 Å². The molecular weight excluding hydrogens is 605 g/mol. The second-order valence-corrected chi connectivity index (χ2v) is 14.7. The van der Waals surface area contributed by atoms with Crippen molar-refractivity contribution in [2.75, 3.05) is 47.5 Å². The van der Waals surface area contributed by atoms with Gasteiger partial charge in [-0.1, -0.05) is 109 Å². The monoisotopic (exact) mass is 674 g/mol. The van der Waals surface area contributed by atoms with Crippen LogP contribution in [0, 0.1) is 0 Å². The number of quaternary nitrogens is 1. The molecule has 0 radical (unpaired) electrons. The van der Waals surface area contributed by atoms with E-state index in [0.29, 0.717) is 17.4 Å². The number of phosphoric ester groups is 1. The minimum absolute atomic E-state index is 0.0303. The van der Waals surface area contributed by atoms with Gasteiger partial charge >= 0.3 is 19.8 Å². The SMILES string of the molecule is CCCCC/C=C/C/C=C/CCCCCCCC(=O)OC[C@@H](COP(=O)(O)OCC[N+](C)(C)C)OC(=O)CCCCCCCCC. The lowest BCUT2D eigenvalue weighted by molar-refractivity contribution is -0.870. The molecule has 270 valence electrons. The molecule has 0 aliphatic rings. The van der Waals surface area contributed by atoms with Gasteiger partial charge in [0.25, 0.3) is 0 Å². The number of hydrogen-bond acceptors (Lipinski definition) is 7. The lowest BCUT2D eigenvalue weighted by Gasteiger charge is -2.24. The van der Waals surface area contributed by atoms with Crippen LogP contribution < -0.4 is 0 Å². The summed E-state index contributed by atoms with van der Waals surface area (Å²) in [6, 6.07) is 0. The highest BCUT2D eigenvalue weighted by Crippen LogP contribution is 2.43.